The molecular formula is C13H14F5NO2. The molecule has 1 rings (SSSR count). The third-order valence-corrected chi connectivity index (χ3v) is 2.74. The van der Waals surface area contributed by atoms with Crippen molar-refractivity contribution in [2.24, 2.45) is 0 Å². The number of halogens is 5. The molecule has 1 unspecified atom stereocenters. The first-order valence-corrected chi connectivity index (χ1v) is 5.97. The fourth-order valence-electron chi connectivity index (χ4n) is 1.70. The van der Waals surface area contributed by atoms with Crippen molar-refractivity contribution in [2.75, 3.05) is 7.11 Å². The molecule has 0 fully saturated rings. The van der Waals surface area contributed by atoms with Gasteiger partial charge in [-0.05, 0) is 25.0 Å². The van der Waals surface area contributed by atoms with Crippen molar-refractivity contribution in [1.29, 1.82) is 0 Å². The highest BCUT2D eigenvalue weighted by Crippen LogP contribution is 2.35. The molecule has 21 heavy (non-hydrogen) atoms. The summed E-state index contributed by atoms with van der Waals surface area (Å²) in [5.74, 6) is -7.32. The lowest BCUT2D eigenvalue weighted by atomic mass is 10.1. The molecule has 0 aromatic heterocycles. The monoisotopic (exact) mass is 311 g/mol. The van der Waals surface area contributed by atoms with Crippen LogP contribution < -0.4 is 10.1 Å². The Labute approximate surface area is 118 Å². The van der Waals surface area contributed by atoms with Gasteiger partial charge in [0.2, 0.25) is 0 Å². The van der Waals surface area contributed by atoms with E-state index in [-0.39, 0.29) is 6.42 Å². The molecule has 0 spiro atoms. The topological polar surface area (TPSA) is 38.3 Å². The molecule has 1 aromatic carbocycles. The van der Waals surface area contributed by atoms with Crippen molar-refractivity contribution in [1.82, 2.24) is 5.32 Å². The Hall–Kier alpha value is -1.86. The molecule has 1 amide bonds. The third kappa shape index (κ3) is 4.05. The standard InChI is InChI=1S/C13H14F5NO2/c1-8(7-9-5-3-4-6-10(9)21-2)19-11(20)12(14,15)13(16,17)18/h3-6,8H,7H2,1-2H3,(H,19,20). The summed E-state index contributed by atoms with van der Waals surface area (Å²) < 4.78 is 66.8. The molecule has 1 N–H and O–H groups in total. The maximum Gasteiger partial charge on any atom is 0.463 e. The van der Waals surface area contributed by atoms with Crippen LogP contribution in [0, 0.1) is 0 Å². The Bertz CT molecular complexity index is 502. The normalized spacial score (nSPS) is 13.7. The van der Waals surface area contributed by atoms with Crippen molar-refractivity contribution in [3.05, 3.63) is 29.8 Å². The fourth-order valence-corrected chi connectivity index (χ4v) is 1.70. The van der Waals surface area contributed by atoms with Crippen LogP contribution in [0.5, 0.6) is 5.75 Å². The third-order valence-electron chi connectivity index (χ3n) is 2.74. The van der Waals surface area contributed by atoms with Crippen LogP contribution in [0.15, 0.2) is 24.3 Å². The smallest absolute Gasteiger partial charge is 0.463 e. The summed E-state index contributed by atoms with van der Waals surface area (Å²) in [4.78, 5) is 11.1. The molecule has 0 heterocycles. The number of para-hydroxylation sites is 1. The molecule has 0 radical (unpaired) electrons. The van der Waals surface area contributed by atoms with Gasteiger partial charge in [0.05, 0.1) is 7.11 Å². The summed E-state index contributed by atoms with van der Waals surface area (Å²) >= 11 is 0. The van der Waals surface area contributed by atoms with Crippen LogP contribution in [0.25, 0.3) is 0 Å². The minimum Gasteiger partial charge on any atom is -0.496 e. The second-order valence-corrected chi connectivity index (χ2v) is 4.46. The fraction of sp³-hybridized carbons (Fsp3) is 0.462. The van der Waals surface area contributed by atoms with Crippen molar-refractivity contribution < 1.29 is 31.5 Å². The van der Waals surface area contributed by atoms with Gasteiger partial charge in [-0.15, -0.1) is 0 Å². The highest BCUT2D eigenvalue weighted by Gasteiger charge is 2.63. The zero-order valence-corrected chi connectivity index (χ0v) is 11.3. The van der Waals surface area contributed by atoms with Crippen LogP contribution >= 0.6 is 0 Å². The van der Waals surface area contributed by atoms with Crippen LogP contribution in [0.4, 0.5) is 22.0 Å². The zero-order valence-electron chi connectivity index (χ0n) is 11.3. The van der Waals surface area contributed by atoms with Crippen LogP contribution in [0.3, 0.4) is 0 Å². The average Bonchev–Trinajstić information content (AvgIpc) is 2.37. The van der Waals surface area contributed by atoms with Gasteiger partial charge in [-0.1, -0.05) is 18.2 Å². The lowest BCUT2D eigenvalue weighted by molar-refractivity contribution is -0.270. The second kappa shape index (κ2) is 6.28. The maximum absolute atomic E-state index is 12.8. The van der Waals surface area contributed by atoms with E-state index in [1.807, 2.05) is 0 Å². The number of amides is 1. The number of carbonyl (C=O) groups excluding carboxylic acids is 1. The average molecular weight is 311 g/mol. The summed E-state index contributed by atoms with van der Waals surface area (Å²) in [6, 6.07) is 5.68. The quantitative estimate of drug-likeness (QED) is 0.849. The van der Waals surface area contributed by atoms with E-state index < -0.39 is 24.0 Å². The molecule has 0 aliphatic carbocycles. The Kier molecular flexibility index (Phi) is 5.14. The molecule has 0 aliphatic rings. The first kappa shape index (κ1) is 17.2. The van der Waals surface area contributed by atoms with Crippen LogP contribution in [-0.2, 0) is 11.2 Å². The first-order valence-electron chi connectivity index (χ1n) is 5.97. The highest BCUT2D eigenvalue weighted by molar-refractivity contribution is 5.84. The second-order valence-electron chi connectivity index (χ2n) is 4.46. The van der Waals surface area contributed by atoms with Gasteiger partial charge in [-0.25, -0.2) is 0 Å². The molecule has 0 saturated carbocycles. The molecule has 0 saturated heterocycles. The molecular weight excluding hydrogens is 297 g/mol. The van der Waals surface area contributed by atoms with Gasteiger partial charge in [0.1, 0.15) is 5.75 Å². The number of ether oxygens (including phenoxy) is 1. The van der Waals surface area contributed by atoms with Crippen molar-refractivity contribution in [3.8, 4) is 5.75 Å². The van der Waals surface area contributed by atoms with E-state index in [2.05, 4.69) is 0 Å². The summed E-state index contributed by atoms with van der Waals surface area (Å²) in [7, 11) is 1.40. The number of nitrogens with one attached hydrogen (secondary N) is 1. The number of hydrogen-bond acceptors (Lipinski definition) is 2. The zero-order chi connectivity index (χ0) is 16.3. The van der Waals surface area contributed by atoms with Crippen molar-refractivity contribution >= 4 is 5.91 Å². The molecule has 1 atom stereocenters. The van der Waals surface area contributed by atoms with E-state index in [0.29, 0.717) is 11.3 Å². The first-order chi connectivity index (χ1) is 9.59. The largest absolute Gasteiger partial charge is 0.496 e. The molecule has 0 aliphatic heterocycles. The van der Waals surface area contributed by atoms with Crippen molar-refractivity contribution in [3.63, 3.8) is 0 Å². The maximum atomic E-state index is 12.8. The van der Waals surface area contributed by atoms with E-state index in [1.165, 1.54) is 14.0 Å². The highest BCUT2D eigenvalue weighted by atomic mass is 19.4. The number of methoxy groups -OCH3 is 1. The minimum absolute atomic E-state index is 0.0592. The number of carbonyl (C=O) groups is 1. The summed E-state index contributed by atoms with van der Waals surface area (Å²) in [6.45, 7) is 1.33. The van der Waals surface area contributed by atoms with Crippen LogP contribution in [-0.4, -0.2) is 31.2 Å². The van der Waals surface area contributed by atoms with E-state index in [0.717, 1.165) is 0 Å². The van der Waals surface area contributed by atoms with Gasteiger partial charge in [-0.3, -0.25) is 4.79 Å². The van der Waals surface area contributed by atoms with E-state index >= 15 is 0 Å². The molecule has 3 nitrogen and oxygen atoms in total. The summed E-state index contributed by atoms with van der Waals surface area (Å²) in [5.41, 5.74) is 0.586. The van der Waals surface area contributed by atoms with Gasteiger partial charge in [0, 0.05) is 6.04 Å². The Morgan fingerprint density at radius 3 is 2.33 bits per heavy atom. The van der Waals surface area contributed by atoms with Gasteiger partial charge >= 0.3 is 18.0 Å². The van der Waals surface area contributed by atoms with Gasteiger partial charge in [-0.2, -0.15) is 22.0 Å². The van der Waals surface area contributed by atoms with Gasteiger partial charge in [0.15, 0.2) is 0 Å². The van der Waals surface area contributed by atoms with E-state index in [4.69, 9.17) is 4.74 Å². The Morgan fingerprint density at radius 1 is 1.24 bits per heavy atom. The molecule has 1 aromatic rings. The van der Waals surface area contributed by atoms with E-state index in [9.17, 15) is 26.7 Å². The summed E-state index contributed by atoms with van der Waals surface area (Å²) in [5, 5.41) is 1.66. The number of hydrogen-bond donors (Lipinski definition) is 1. The lowest BCUT2D eigenvalue weighted by Gasteiger charge is -2.22. The van der Waals surface area contributed by atoms with Crippen LogP contribution in [0.1, 0.15) is 12.5 Å². The number of alkyl halides is 5. The summed E-state index contributed by atoms with van der Waals surface area (Å²) in [6.07, 6.45) is -5.86. The SMILES string of the molecule is COc1ccccc1CC(C)NC(=O)C(F)(F)C(F)(F)F. The van der Waals surface area contributed by atoms with E-state index in [1.54, 1.807) is 29.6 Å². The Balaban J connectivity index is 2.74. The predicted octanol–water partition coefficient (Wildman–Crippen LogP) is 2.94. The van der Waals surface area contributed by atoms with Crippen molar-refractivity contribution in [2.45, 2.75) is 31.5 Å². The van der Waals surface area contributed by atoms with Gasteiger partial charge in [0.25, 0.3) is 0 Å². The van der Waals surface area contributed by atoms with Gasteiger partial charge < -0.3 is 10.1 Å². The van der Waals surface area contributed by atoms with Crippen LogP contribution in [0.2, 0.25) is 0 Å². The Morgan fingerprint density at radius 2 is 1.81 bits per heavy atom. The molecule has 118 valence electrons. The lowest BCUT2D eigenvalue weighted by Crippen LogP contribution is -2.52. The number of rotatable bonds is 5. The number of benzene rings is 1. The molecule has 0 bridgehead atoms. The molecule has 8 heteroatoms. The minimum atomic E-state index is -5.92. The predicted molar refractivity (Wildman–Crippen MR) is 65.3 cm³/mol.